The number of carboxylic acids is 1. The van der Waals surface area contributed by atoms with Crippen LogP contribution in [0.4, 0.5) is 5.69 Å². The van der Waals surface area contributed by atoms with Gasteiger partial charge in [0, 0.05) is 5.69 Å². The summed E-state index contributed by atoms with van der Waals surface area (Å²) in [5, 5.41) is 11.1. The van der Waals surface area contributed by atoms with E-state index < -0.39 is 33.4 Å². The van der Waals surface area contributed by atoms with E-state index in [0.29, 0.717) is 24.9 Å². The maximum atomic E-state index is 12.2. The molecule has 132 valence electrons. The number of anilines is 1. The summed E-state index contributed by atoms with van der Waals surface area (Å²) >= 11 is 0. The van der Waals surface area contributed by atoms with Crippen LogP contribution in [0.3, 0.4) is 0 Å². The van der Waals surface area contributed by atoms with Crippen LogP contribution in [-0.4, -0.2) is 36.4 Å². The van der Waals surface area contributed by atoms with E-state index in [0.717, 1.165) is 18.4 Å². The van der Waals surface area contributed by atoms with Crippen molar-refractivity contribution in [2.24, 2.45) is 5.92 Å². The first kappa shape index (κ1) is 18.4. The number of aliphatic carboxylic acids is 1. The average molecular weight is 353 g/mol. The van der Waals surface area contributed by atoms with Crippen LogP contribution in [0.2, 0.25) is 0 Å². The SMILES string of the molecule is CC(Cc1ccc(NC(=O)CS(=O)(=O)C2CCCC2)cc1)C(=O)O. The molecule has 2 N–H and O–H groups in total. The molecule has 1 aromatic rings. The van der Waals surface area contributed by atoms with Gasteiger partial charge in [-0.2, -0.15) is 0 Å². The molecule has 24 heavy (non-hydrogen) atoms. The third-order valence-electron chi connectivity index (χ3n) is 4.34. The number of amides is 1. The Labute approximate surface area is 142 Å². The molecule has 0 spiro atoms. The molecule has 0 aromatic heterocycles. The lowest BCUT2D eigenvalue weighted by atomic mass is 10.0. The molecule has 2 rings (SSSR count). The van der Waals surface area contributed by atoms with Crippen molar-refractivity contribution in [2.45, 2.75) is 44.3 Å². The summed E-state index contributed by atoms with van der Waals surface area (Å²) in [5.41, 5.74) is 1.36. The van der Waals surface area contributed by atoms with Gasteiger partial charge in [-0.15, -0.1) is 0 Å². The van der Waals surface area contributed by atoms with E-state index in [9.17, 15) is 18.0 Å². The molecule has 1 aliphatic rings. The Balaban J connectivity index is 1.91. The molecule has 1 aromatic carbocycles. The Bertz CT molecular complexity index is 690. The lowest BCUT2D eigenvalue weighted by Crippen LogP contribution is -2.29. The number of benzene rings is 1. The predicted octanol–water partition coefficient (Wildman–Crippen LogP) is 2.25. The highest BCUT2D eigenvalue weighted by Crippen LogP contribution is 2.25. The highest BCUT2D eigenvalue weighted by atomic mass is 32.2. The van der Waals surface area contributed by atoms with Crippen molar-refractivity contribution >= 4 is 27.4 Å². The number of carboxylic acid groups (broad SMARTS) is 1. The number of hydrogen-bond acceptors (Lipinski definition) is 4. The number of nitrogens with one attached hydrogen (secondary N) is 1. The quantitative estimate of drug-likeness (QED) is 0.783. The van der Waals surface area contributed by atoms with E-state index in [2.05, 4.69) is 5.32 Å². The van der Waals surface area contributed by atoms with Crippen LogP contribution in [-0.2, 0) is 25.8 Å². The Morgan fingerprint density at radius 3 is 2.33 bits per heavy atom. The monoisotopic (exact) mass is 353 g/mol. The molecule has 0 aliphatic heterocycles. The summed E-state index contributed by atoms with van der Waals surface area (Å²) < 4.78 is 24.3. The Morgan fingerprint density at radius 2 is 1.79 bits per heavy atom. The van der Waals surface area contributed by atoms with E-state index >= 15 is 0 Å². The second-order valence-corrected chi connectivity index (χ2v) is 8.68. The summed E-state index contributed by atoms with van der Waals surface area (Å²) in [4.78, 5) is 22.8. The molecule has 1 fully saturated rings. The zero-order valence-electron chi connectivity index (χ0n) is 13.7. The van der Waals surface area contributed by atoms with Crippen LogP contribution < -0.4 is 5.32 Å². The Kier molecular flexibility index (Phi) is 5.99. The minimum absolute atomic E-state index is 0.386. The fourth-order valence-electron chi connectivity index (χ4n) is 2.91. The summed E-state index contributed by atoms with van der Waals surface area (Å²) in [5.74, 6) is -2.37. The highest BCUT2D eigenvalue weighted by Gasteiger charge is 2.30. The Morgan fingerprint density at radius 1 is 1.21 bits per heavy atom. The van der Waals surface area contributed by atoms with Gasteiger partial charge in [0.05, 0.1) is 11.2 Å². The number of hydrogen-bond donors (Lipinski definition) is 2. The molecule has 1 atom stereocenters. The van der Waals surface area contributed by atoms with E-state index in [1.165, 1.54) is 0 Å². The van der Waals surface area contributed by atoms with Gasteiger partial charge in [-0.05, 0) is 37.0 Å². The topological polar surface area (TPSA) is 101 Å². The van der Waals surface area contributed by atoms with E-state index in [-0.39, 0.29) is 5.25 Å². The van der Waals surface area contributed by atoms with Crippen LogP contribution >= 0.6 is 0 Å². The molecule has 0 saturated heterocycles. The molecular formula is C17H23NO5S. The van der Waals surface area contributed by atoms with Crippen molar-refractivity contribution < 1.29 is 23.1 Å². The number of sulfone groups is 1. The molecule has 6 nitrogen and oxygen atoms in total. The van der Waals surface area contributed by atoms with Crippen LogP contribution in [0.15, 0.2) is 24.3 Å². The first-order valence-electron chi connectivity index (χ1n) is 8.11. The molecule has 1 unspecified atom stereocenters. The highest BCUT2D eigenvalue weighted by molar-refractivity contribution is 7.92. The molecule has 1 amide bonds. The van der Waals surface area contributed by atoms with Crippen molar-refractivity contribution in [1.29, 1.82) is 0 Å². The summed E-state index contributed by atoms with van der Waals surface area (Å²) in [6, 6.07) is 6.79. The van der Waals surface area contributed by atoms with Gasteiger partial charge in [0.1, 0.15) is 5.75 Å². The van der Waals surface area contributed by atoms with Crippen molar-refractivity contribution in [3.63, 3.8) is 0 Å². The minimum atomic E-state index is -3.39. The van der Waals surface area contributed by atoms with Gasteiger partial charge >= 0.3 is 5.97 Å². The van der Waals surface area contributed by atoms with Crippen molar-refractivity contribution in [3.05, 3.63) is 29.8 Å². The number of carbonyl (C=O) groups is 2. The average Bonchev–Trinajstić information content (AvgIpc) is 3.03. The van der Waals surface area contributed by atoms with Crippen molar-refractivity contribution in [3.8, 4) is 0 Å². The van der Waals surface area contributed by atoms with Crippen LogP contribution in [0, 0.1) is 5.92 Å². The van der Waals surface area contributed by atoms with Gasteiger partial charge in [-0.3, -0.25) is 9.59 Å². The maximum Gasteiger partial charge on any atom is 0.306 e. The lowest BCUT2D eigenvalue weighted by Gasteiger charge is -2.12. The first-order chi connectivity index (χ1) is 11.3. The standard InChI is InChI=1S/C17H23NO5S/c1-12(17(20)21)10-13-6-8-14(9-7-13)18-16(19)11-24(22,23)15-4-2-3-5-15/h6-9,12,15H,2-5,10-11H2,1H3,(H,18,19)(H,20,21). The third-order valence-corrected chi connectivity index (χ3v) is 6.50. The van der Waals surface area contributed by atoms with E-state index in [1.807, 2.05) is 0 Å². The van der Waals surface area contributed by atoms with Crippen LogP contribution in [0.1, 0.15) is 38.2 Å². The van der Waals surface area contributed by atoms with Gasteiger partial charge in [-0.25, -0.2) is 8.42 Å². The summed E-state index contributed by atoms with van der Waals surface area (Å²) in [6.07, 6.45) is 3.50. The summed E-state index contributed by atoms with van der Waals surface area (Å²) in [7, 11) is -3.39. The summed E-state index contributed by atoms with van der Waals surface area (Å²) in [6.45, 7) is 1.63. The molecule has 0 bridgehead atoms. The van der Waals surface area contributed by atoms with E-state index in [4.69, 9.17) is 5.11 Å². The second kappa shape index (κ2) is 7.79. The van der Waals surface area contributed by atoms with Gasteiger partial charge in [0.2, 0.25) is 5.91 Å². The second-order valence-electron chi connectivity index (χ2n) is 6.40. The van der Waals surface area contributed by atoms with Gasteiger partial charge in [-0.1, -0.05) is 31.9 Å². The van der Waals surface area contributed by atoms with Crippen molar-refractivity contribution in [2.75, 3.05) is 11.1 Å². The third kappa shape index (κ3) is 5.06. The Hall–Kier alpha value is -1.89. The molecule has 7 heteroatoms. The maximum absolute atomic E-state index is 12.2. The molecular weight excluding hydrogens is 330 g/mol. The van der Waals surface area contributed by atoms with E-state index in [1.54, 1.807) is 31.2 Å². The zero-order valence-corrected chi connectivity index (χ0v) is 14.5. The van der Waals surface area contributed by atoms with Gasteiger partial charge in [0.25, 0.3) is 0 Å². The molecule has 0 heterocycles. The number of carbonyl (C=O) groups excluding carboxylic acids is 1. The fraction of sp³-hybridized carbons (Fsp3) is 0.529. The largest absolute Gasteiger partial charge is 0.481 e. The van der Waals surface area contributed by atoms with Crippen molar-refractivity contribution in [1.82, 2.24) is 0 Å². The van der Waals surface area contributed by atoms with Crippen LogP contribution in [0.25, 0.3) is 0 Å². The zero-order chi connectivity index (χ0) is 17.7. The molecule has 1 saturated carbocycles. The van der Waals surface area contributed by atoms with Gasteiger partial charge < -0.3 is 10.4 Å². The first-order valence-corrected chi connectivity index (χ1v) is 9.82. The smallest absolute Gasteiger partial charge is 0.306 e. The number of rotatable bonds is 7. The molecule has 0 radical (unpaired) electrons. The lowest BCUT2D eigenvalue weighted by molar-refractivity contribution is -0.141. The minimum Gasteiger partial charge on any atom is -0.481 e. The fourth-order valence-corrected chi connectivity index (χ4v) is 4.64. The molecule has 1 aliphatic carbocycles. The van der Waals surface area contributed by atoms with Crippen LogP contribution in [0.5, 0.6) is 0 Å². The predicted molar refractivity (Wildman–Crippen MR) is 91.6 cm³/mol. The normalized spacial score (nSPS) is 16.7. The van der Waals surface area contributed by atoms with Gasteiger partial charge in [0.15, 0.2) is 9.84 Å².